The van der Waals surface area contributed by atoms with Crippen molar-refractivity contribution in [1.29, 1.82) is 0 Å². The van der Waals surface area contributed by atoms with Crippen LogP contribution in [0, 0.1) is 5.92 Å². The third kappa shape index (κ3) is 3.05. The Hall–Kier alpha value is -2.26. The molecular weight excluding hydrogens is 342 g/mol. The number of rotatable bonds is 5. The van der Waals surface area contributed by atoms with Gasteiger partial charge < -0.3 is 9.09 Å². The first-order valence-electron chi connectivity index (χ1n) is 8.31. The molecule has 0 aliphatic carbocycles. The Morgan fingerprint density at radius 1 is 1.40 bits per heavy atom. The lowest BCUT2D eigenvalue weighted by Crippen LogP contribution is -2.33. The van der Waals surface area contributed by atoms with Gasteiger partial charge in [0, 0.05) is 31.9 Å². The number of hydrogen-bond acceptors (Lipinski definition) is 6. The topological polar surface area (TPSA) is 103 Å². The van der Waals surface area contributed by atoms with Crippen LogP contribution < -0.4 is 4.72 Å². The quantitative estimate of drug-likeness (QED) is 0.739. The maximum absolute atomic E-state index is 12.6. The molecule has 4 heterocycles. The van der Waals surface area contributed by atoms with Crippen molar-refractivity contribution in [2.75, 3.05) is 6.54 Å². The molecule has 1 aliphatic heterocycles. The lowest BCUT2D eigenvalue weighted by Gasteiger charge is -2.23. The van der Waals surface area contributed by atoms with E-state index >= 15 is 0 Å². The number of sulfonamides is 1. The molecule has 9 heteroatoms. The fourth-order valence-electron chi connectivity index (χ4n) is 3.16. The molecule has 4 rings (SSSR count). The van der Waals surface area contributed by atoms with Gasteiger partial charge in [-0.3, -0.25) is 0 Å². The molecule has 3 aromatic rings. The van der Waals surface area contributed by atoms with Crippen molar-refractivity contribution in [3.05, 3.63) is 36.2 Å². The van der Waals surface area contributed by atoms with Gasteiger partial charge in [-0.25, -0.2) is 23.1 Å². The summed E-state index contributed by atoms with van der Waals surface area (Å²) in [5, 5.41) is 4.55. The number of pyridine rings is 1. The molecule has 0 spiro atoms. The zero-order valence-electron chi connectivity index (χ0n) is 13.8. The van der Waals surface area contributed by atoms with Crippen LogP contribution in [0.4, 0.5) is 0 Å². The molecule has 0 aromatic carbocycles. The summed E-state index contributed by atoms with van der Waals surface area (Å²) in [7, 11) is -3.63. The van der Waals surface area contributed by atoms with Crippen molar-refractivity contribution >= 4 is 21.1 Å². The van der Waals surface area contributed by atoms with E-state index in [0.717, 1.165) is 25.2 Å². The Morgan fingerprint density at radius 2 is 2.28 bits per heavy atom. The summed E-state index contributed by atoms with van der Waals surface area (Å²) in [6, 6.07) is 1.58. The molecule has 8 nitrogen and oxygen atoms in total. The Labute approximate surface area is 145 Å². The van der Waals surface area contributed by atoms with Crippen molar-refractivity contribution in [2.45, 2.75) is 37.6 Å². The first-order valence-corrected chi connectivity index (χ1v) is 9.79. The van der Waals surface area contributed by atoms with Crippen LogP contribution in [-0.4, -0.2) is 34.7 Å². The summed E-state index contributed by atoms with van der Waals surface area (Å²) in [5.74, 6) is 1.25. The van der Waals surface area contributed by atoms with Gasteiger partial charge in [0.25, 0.3) is 5.71 Å². The van der Waals surface area contributed by atoms with Gasteiger partial charge in [-0.2, -0.15) is 0 Å². The molecule has 25 heavy (non-hydrogen) atoms. The Balaban J connectivity index is 1.50. The van der Waals surface area contributed by atoms with Gasteiger partial charge in [0.2, 0.25) is 10.0 Å². The highest BCUT2D eigenvalue weighted by molar-refractivity contribution is 7.89. The first kappa shape index (κ1) is 16.2. The predicted octanol–water partition coefficient (Wildman–Crippen LogP) is 1.52. The van der Waals surface area contributed by atoms with E-state index in [0.29, 0.717) is 29.8 Å². The molecule has 3 aromatic heterocycles. The zero-order valence-corrected chi connectivity index (χ0v) is 14.7. The lowest BCUT2D eigenvalue weighted by molar-refractivity contribution is 0.379. The highest BCUT2D eigenvalue weighted by Gasteiger charge is 2.23. The van der Waals surface area contributed by atoms with Crippen LogP contribution >= 0.6 is 0 Å². The van der Waals surface area contributed by atoms with Crippen LogP contribution in [0.2, 0.25) is 0 Å². The van der Waals surface area contributed by atoms with Crippen LogP contribution in [0.5, 0.6) is 0 Å². The van der Waals surface area contributed by atoms with Gasteiger partial charge in [0.1, 0.15) is 10.7 Å². The molecule has 0 amide bonds. The third-order valence-electron chi connectivity index (χ3n) is 4.64. The second-order valence-electron chi connectivity index (χ2n) is 6.25. The molecule has 1 atom stereocenters. The fourth-order valence-corrected chi connectivity index (χ4v) is 4.25. The molecule has 0 radical (unpaired) electrons. The first-order chi connectivity index (χ1) is 12.1. The largest absolute Gasteiger partial charge is 0.336 e. The van der Waals surface area contributed by atoms with Gasteiger partial charge >= 0.3 is 0 Å². The predicted molar refractivity (Wildman–Crippen MR) is 90.4 cm³/mol. The van der Waals surface area contributed by atoms with Crippen molar-refractivity contribution in [3.63, 3.8) is 0 Å². The molecule has 0 saturated carbocycles. The van der Waals surface area contributed by atoms with Crippen molar-refractivity contribution in [1.82, 2.24) is 24.4 Å². The number of fused-ring (bicyclic) bond motifs is 2. The van der Waals surface area contributed by atoms with Crippen LogP contribution in [-0.2, 0) is 29.4 Å². The Morgan fingerprint density at radius 3 is 3.12 bits per heavy atom. The van der Waals surface area contributed by atoms with E-state index in [1.807, 2.05) is 13.1 Å². The second-order valence-corrected chi connectivity index (χ2v) is 8.02. The summed E-state index contributed by atoms with van der Waals surface area (Å²) in [4.78, 5) is 8.52. The number of nitrogens with zero attached hydrogens (tertiary/aromatic N) is 4. The maximum Gasteiger partial charge on any atom is 0.258 e. The highest BCUT2D eigenvalue weighted by Crippen LogP contribution is 2.22. The summed E-state index contributed by atoms with van der Waals surface area (Å²) in [6.45, 7) is 3.19. The standard InChI is InChI=1S/C16H19N5O3S/c1-2-14-13-8-12(10-18-16(13)24-20-14)25(22,23)19-9-11-3-5-21-6-4-17-15(21)7-11/h4,6,8,10-11,19H,2-3,5,7,9H2,1H3/t11-/m1/s1. The zero-order chi connectivity index (χ0) is 17.4. The average molecular weight is 361 g/mol. The smallest absolute Gasteiger partial charge is 0.258 e. The average Bonchev–Trinajstić information content (AvgIpc) is 3.25. The molecule has 1 N–H and O–H groups in total. The third-order valence-corrected chi connectivity index (χ3v) is 6.03. The molecule has 132 valence electrons. The van der Waals surface area contributed by atoms with Crippen molar-refractivity contribution < 1.29 is 12.9 Å². The molecule has 0 unspecified atom stereocenters. The van der Waals surface area contributed by atoms with Gasteiger partial charge in [-0.1, -0.05) is 12.1 Å². The highest BCUT2D eigenvalue weighted by atomic mass is 32.2. The number of imidazole rings is 1. The van der Waals surface area contributed by atoms with Crippen LogP contribution in [0.1, 0.15) is 24.9 Å². The summed E-state index contributed by atoms with van der Waals surface area (Å²) < 4.78 is 35.1. The minimum Gasteiger partial charge on any atom is -0.336 e. The van der Waals surface area contributed by atoms with E-state index in [2.05, 4.69) is 24.4 Å². The summed E-state index contributed by atoms with van der Waals surface area (Å²) in [6.07, 6.45) is 7.41. The van der Waals surface area contributed by atoms with Gasteiger partial charge in [0.15, 0.2) is 0 Å². The number of aromatic nitrogens is 4. The Kier molecular flexibility index (Phi) is 4.04. The van der Waals surface area contributed by atoms with Crippen molar-refractivity contribution in [2.24, 2.45) is 5.92 Å². The number of nitrogens with one attached hydrogen (secondary N) is 1. The van der Waals surface area contributed by atoms with E-state index in [-0.39, 0.29) is 10.8 Å². The van der Waals surface area contributed by atoms with E-state index in [1.54, 1.807) is 12.3 Å². The van der Waals surface area contributed by atoms with Gasteiger partial charge in [0.05, 0.1) is 17.3 Å². The monoisotopic (exact) mass is 361 g/mol. The SMILES string of the molecule is CCc1noc2ncc(S(=O)(=O)NC[C@@H]3CCn4ccnc4C3)cc12. The summed E-state index contributed by atoms with van der Waals surface area (Å²) >= 11 is 0. The van der Waals surface area contributed by atoms with Crippen molar-refractivity contribution in [3.8, 4) is 0 Å². The van der Waals surface area contributed by atoms with E-state index < -0.39 is 10.0 Å². The van der Waals surface area contributed by atoms with E-state index in [1.165, 1.54) is 6.20 Å². The minimum atomic E-state index is -3.63. The van der Waals surface area contributed by atoms with Crippen LogP contribution in [0.3, 0.4) is 0 Å². The molecular formula is C16H19N5O3S. The van der Waals surface area contributed by atoms with Crippen LogP contribution in [0.15, 0.2) is 34.1 Å². The molecule has 0 saturated heterocycles. The second kappa shape index (κ2) is 6.23. The molecule has 0 fully saturated rings. The number of hydrogen-bond donors (Lipinski definition) is 1. The molecule has 1 aliphatic rings. The van der Waals surface area contributed by atoms with E-state index in [4.69, 9.17) is 4.52 Å². The maximum atomic E-state index is 12.6. The fraction of sp³-hybridized carbons (Fsp3) is 0.438. The van der Waals surface area contributed by atoms with Crippen LogP contribution in [0.25, 0.3) is 11.1 Å². The normalized spacial score (nSPS) is 17.7. The summed E-state index contributed by atoms with van der Waals surface area (Å²) in [5.41, 5.74) is 1.06. The molecule has 0 bridgehead atoms. The van der Waals surface area contributed by atoms with E-state index in [9.17, 15) is 8.42 Å². The Bertz CT molecular complexity index is 1010. The lowest BCUT2D eigenvalue weighted by atomic mass is 9.98. The van der Waals surface area contributed by atoms with Gasteiger partial charge in [-0.05, 0) is 24.8 Å². The minimum absolute atomic E-state index is 0.134. The number of aryl methyl sites for hydroxylation is 2. The van der Waals surface area contributed by atoms with Gasteiger partial charge in [-0.15, -0.1) is 0 Å².